The number of hydrogen-bond acceptors (Lipinski definition) is 0. The van der Waals surface area contributed by atoms with Crippen LogP contribution in [0.15, 0.2) is 0 Å². The topological polar surface area (TPSA) is 22.3 Å². The molecule has 30 valence electrons. The van der Waals surface area contributed by atoms with E-state index in [-0.39, 0.29) is 0 Å². The van der Waals surface area contributed by atoms with Crippen molar-refractivity contribution < 1.29 is 0 Å². The molecule has 0 rings (SSSR count). The molecule has 0 aromatic rings. The first-order valence-corrected chi connectivity index (χ1v) is 1.88. The van der Waals surface area contributed by atoms with Gasteiger partial charge in [-0.2, -0.15) is 0 Å². The van der Waals surface area contributed by atoms with E-state index in [1.807, 2.05) is 13.8 Å². The van der Waals surface area contributed by atoms with Gasteiger partial charge in [-0.1, -0.05) is 13.8 Å². The minimum absolute atomic E-state index is 0.306. The summed E-state index contributed by atoms with van der Waals surface area (Å²) in [6, 6.07) is 0. The summed E-state index contributed by atoms with van der Waals surface area (Å²) < 4.78 is 0. The fourth-order valence-corrected chi connectivity index (χ4v) is 0. The molecule has 5 heavy (non-hydrogen) atoms. The molecule has 0 fully saturated rings. The van der Waals surface area contributed by atoms with E-state index < -0.39 is 0 Å². The van der Waals surface area contributed by atoms with Gasteiger partial charge >= 0.3 is 0 Å². The van der Waals surface area contributed by atoms with Crippen molar-refractivity contribution in [3.05, 3.63) is 0 Å². The second kappa shape index (κ2) is 2.21. The van der Waals surface area contributed by atoms with Crippen LogP contribution < -0.4 is 5.73 Å². The predicted molar refractivity (Wildman–Crippen MR) is 21.8 cm³/mol. The minimum atomic E-state index is 0.306. The van der Waals surface area contributed by atoms with Crippen LogP contribution in [0.25, 0.3) is 0 Å². The lowest BCUT2D eigenvalue weighted by atomic mass is 10.2. The first-order chi connectivity index (χ1) is 2.27. The SMILES string of the molecule is CC(C)C[N]. The summed E-state index contributed by atoms with van der Waals surface area (Å²) in [5, 5.41) is 0. The third-order valence-electron chi connectivity index (χ3n) is 0.365. The Hall–Kier alpha value is -0.0400. The van der Waals surface area contributed by atoms with Crippen LogP contribution in [-0.2, 0) is 0 Å². The molecule has 0 unspecified atom stereocenters. The lowest BCUT2D eigenvalue weighted by Crippen LogP contribution is -1.93. The summed E-state index contributed by atoms with van der Waals surface area (Å²) in [7, 11) is 0. The van der Waals surface area contributed by atoms with Crippen molar-refractivity contribution in [2.24, 2.45) is 5.92 Å². The molecule has 0 N–H and O–H groups in total. The zero-order valence-corrected chi connectivity index (χ0v) is 3.73. The fraction of sp³-hybridized carbons (Fsp3) is 1.00. The smallest absolute Gasteiger partial charge is 0.0344 e. The Labute approximate surface area is 33.2 Å². The van der Waals surface area contributed by atoms with Gasteiger partial charge < -0.3 is 0 Å². The van der Waals surface area contributed by atoms with Crippen LogP contribution in [0.5, 0.6) is 0 Å². The Morgan fingerprint density at radius 1 is 1.60 bits per heavy atom. The summed E-state index contributed by atoms with van der Waals surface area (Å²) in [6.45, 7) is 4.25. The van der Waals surface area contributed by atoms with Crippen molar-refractivity contribution in [2.45, 2.75) is 13.8 Å². The Kier molecular flexibility index (Phi) is 2.19. The summed E-state index contributed by atoms with van der Waals surface area (Å²) in [4.78, 5) is 0. The second-order valence-electron chi connectivity index (χ2n) is 1.58. The molecule has 0 aliphatic heterocycles. The zero-order chi connectivity index (χ0) is 4.28. The van der Waals surface area contributed by atoms with Crippen LogP contribution >= 0.6 is 0 Å². The molecule has 0 amide bonds. The highest BCUT2D eigenvalue weighted by molar-refractivity contribution is 4.37. The number of rotatable bonds is 1. The standard InChI is InChI=1S/C4H9N/c1-4(2)3-5/h4H,3H2,1-2H3. The average molecular weight is 71.1 g/mol. The summed E-state index contributed by atoms with van der Waals surface area (Å²) >= 11 is 0. The maximum absolute atomic E-state index is 8.14. The molecular formula is C4H9N. The number of hydrogen-bond donors (Lipinski definition) is 0. The third kappa shape index (κ3) is 3.96. The Morgan fingerprint density at radius 3 is 1.80 bits per heavy atom. The molecule has 1 nitrogen and oxygen atoms in total. The van der Waals surface area contributed by atoms with Gasteiger partial charge in [0.05, 0.1) is 0 Å². The van der Waals surface area contributed by atoms with Gasteiger partial charge in [-0.15, -0.1) is 5.73 Å². The van der Waals surface area contributed by atoms with Crippen molar-refractivity contribution in [1.82, 2.24) is 5.73 Å². The maximum Gasteiger partial charge on any atom is 0.0344 e. The molecule has 2 radical (unpaired) electrons. The minimum Gasteiger partial charge on any atom is -0.145 e. The predicted octanol–water partition coefficient (Wildman–Crippen LogP) is 0.711. The van der Waals surface area contributed by atoms with Crippen LogP contribution in [-0.4, -0.2) is 6.54 Å². The first kappa shape index (κ1) is 4.96. The van der Waals surface area contributed by atoms with E-state index in [1.165, 1.54) is 0 Å². The number of nitrogens with zero attached hydrogens (tertiary/aromatic N) is 1. The van der Waals surface area contributed by atoms with Crippen LogP contribution in [0.1, 0.15) is 13.8 Å². The van der Waals surface area contributed by atoms with Crippen molar-refractivity contribution in [3.8, 4) is 0 Å². The van der Waals surface area contributed by atoms with E-state index in [4.69, 9.17) is 5.73 Å². The Morgan fingerprint density at radius 2 is 1.80 bits per heavy atom. The fourth-order valence-electron chi connectivity index (χ4n) is 0. The van der Waals surface area contributed by atoms with Crippen molar-refractivity contribution in [2.75, 3.05) is 6.54 Å². The van der Waals surface area contributed by atoms with E-state index in [0.29, 0.717) is 12.5 Å². The zero-order valence-electron chi connectivity index (χ0n) is 3.73. The molecule has 0 saturated heterocycles. The quantitative estimate of drug-likeness (QED) is 0.434. The van der Waals surface area contributed by atoms with Crippen molar-refractivity contribution in [3.63, 3.8) is 0 Å². The maximum atomic E-state index is 8.14. The monoisotopic (exact) mass is 71.1 g/mol. The van der Waals surface area contributed by atoms with E-state index >= 15 is 0 Å². The Balaban J connectivity index is 2.54. The highest BCUT2D eigenvalue weighted by atomic mass is 14.5. The van der Waals surface area contributed by atoms with Gasteiger partial charge in [0.2, 0.25) is 0 Å². The van der Waals surface area contributed by atoms with Crippen LogP contribution in [0.2, 0.25) is 0 Å². The van der Waals surface area contributed by atoms with E-state index in [9.17, 15) is 0 Å². The molecule has 0 saturated carbocycles. The van der Waals surface area contributed by atoms with Gasteiger partial charge in [0, 0.05) is 6.54 Å². The molecule has 0 heterocycles. The molecular weight excluding hydrogens is 62.1 g/mol. The average Bonchev–Trinajstić information content (AvgIpc) is 1.38. The summed E-state index contributed by atoms with van der Waals surface area (Å²) in [5.74, 6) is 0.440. The van der Waals surface area contributed by atoms with Crippen LogP contribution in [0.3, 0.4) is 0 Å². The van der Waals surface area contributed by atoms with Crippen molar-refractivity contribution in [1.29, 1.82) is 0 Å². The van der Waals surface area contributed by atoms with E-state index in [1.54, 1.807) is 0 Å². The van der Waals surface area contributed by atoms with Gasteiger partial charge in [-0.05, 0) is 5.92 Å². The van der Waals surface area contributed by atoms with E-state index in [2.05, 4.69) is 0 Å². The van der Waals surface area contributed by atoms with Crippen LogP contribution in [0.4, 0.5) is 0 Å². The van der Waals surface area contributed by atoms with Gasteiger partial charge in [0.15, 0.2) is 0 Å². The van der Waals surface area contributed by atoms with Gasteiger partial charge in [0.1, 0.15) is 0 Å². The van der Waals surface area contributed by atoms with Crippen molar-refractivity contribution >= 4 is 0 Å². The van der Waals surface area contributed by atoms with Gasteiger partial charge in [0.25, 0.3) is 0 Å². The largest absolute Gasteiger partial charge is 0.145 e. The Bertz CT molecular complexity index is 17.6. The third-order valence-corrected chi connectivity index (χ3v) is 0.365. The molecule has 0 aliphatic carbocycles. The molecule has 0 aromatic carbocycles. The molecule has 0 spiro atoms. The second-order valence-corrected chi connectivity index (χ2v) is 1.58. The highest BCUT2D eigenvalue weighted by Gasteiger charge is 1.82. The van der Waals surface area contributed by atoms with Crippen LogP contribution in [0, 0.1) is 5.92 Å². The summed E-state index contributed by atoms with van der Waals surface area (Å²) in [6.07, 6.45) is 0. The normalized spacial score (nSPS) is 9.60. The molecule has 1 heteroatoms. The summed E-state index contributed by atoms with van der Waals surface area (Å²) in [5.41, 5.74) is 8.14. The highest BCUT2D eigenvalue weighted by Crippen LogP contribution is 1.82. The molecule has 0 atom stereocenters. The lowest BCUT2D eigenvalue weighted by Gasteiger charge is -1.88. The molecule has 0 bridgehead atoms. The first-order valence-electron chi connectivity index (χ1n) is 1.88. The van der Waals surface area contributed by atoms with Gasteiger partial charge in [-0.3, -0.25) is 0 Å². The van der Waals surface area contributed by atoms with E-state index in [0.717, 1.165) is 0 Å². The van der Waals surface area contributed by atoms with Gasteiger partial charge in [-0.25, -0.2) is 0 Å². The lowest BCUT2D eigenvalue weighted by molar-refractivity contribution is 0.653. The molecule has 0 aliphatic rings. The molecule has 0 aromatic heterocycles.